The van der Waals surface area contributed by atoms with E-state index in [0.717, 1.165) is 35.1 Å². The van der Waals surface area contributed by atoms with E-state index in [2.05, 4.69) is 35.3 Å². The minimum absolute atomic E-state index is 0.0204. The molecule has 2 aromatic carbocycles. The molecule has 0 spiro atoms. The summed E-state index contributed by atoms with van der Waals surface area (Å²) in [6.45, 7) is 3.09. The Labute approximate surface area is 290 Å². The molecule has 19 heteroatoms. The van der Waals surface area contributed by atoms with E-state index in [1.165, 1.54) is 0 Å². The summed E-state index contributed by atoms with van der Waals surface area (Å²) in [5.41, 5.74) is 3.42. The summed E-state index contributed by atoms with van der Waals surface area (Å²) in [5, 5.41) is 33.3. The quantitative estimate of drug-likeness (QED) is 0.0539. The molecule has 2 atom stereocenters. The first kappa shape index (κ1) is 37.2. The lowest BCUT2D eigenvalue weighted by Crippen LogP contribution is -2.28. The number of carbonyl (C=O) groups excluding carboxylic acids is 2. The molecule has 50 heavy (non-hydrogen) atoms. The molecule has 2 heterocycles. The molecule has 0 aliphatic rings. The zero-order chi connectivity index (χ0) is 36.0. The van der Waals surface area contributed by atoms with Crippen LogP contribution in [0.25, 0.3) is 22.5 Å². The number of unbranched alkanes of at least 4 members (excludes halogenated alkanes) is 1. The number of imidazole rings is 1. The highest BCUT2D eigenvalue weighted by Gasteiger charge is 2.28. The second-order valence-electron chi connectivity index (χ2n) is 10.9. The van der Waals surface area contributed by atoms with E-state index in [9.17, 15) is 29.8 Å². The number of esters is 2. The van der Waals surface area contributed by atoms with Crippen molar-refractivity contribution in [3.8, 4) is 22.5 Å². The highest BCUT2D eigenvalue weighted by molar-refractivity contribution is 6.32. The smallest absolute Gasteiger partial charge is 0.361 e. The van der Waals surface area contributed by atoms with E-state index in [0.29, 0.717) is 18.1 Å². The van der Waals surface area contributed by atoms with Crippen molar-refractivity contribution in [1.29, 1.82) is 0 Å². The minimum Gasteiger partial charge on any atom is -0.425 e. The summed E-state index contributed by atoms with van der Waals surface area (Å²) in [4.78, 5) is 60.4. The second kappa shape index (κ2) is 18.2. The monoisotopic (exact) mass is 714 g/mol. The van der Waals surface area contributed by atoms with E-state index in [1.807, 2.05) is 55.5 Å². The van der Waals surface area contributed by atoms with Crippen molar-refractivity contribution in [3.63, 3.8) is 0 Å². The summed E-state index contributed by atoms with van der Waals surface area (Å²) < 4.78 is 12.6. The third-order valence-electron chi connectivity index (χ3n) is 7.44. The number of ether oxygens (including phenoxy) is 2. The molecule has 0 fully saturated rings. The van der Waals surface area contributed by atoms with Gasteiger partial charge in [-0.2, -0.15) is 0 Å². The predicted molar refractivity (Wildman–Crippen MR) is 174 cm³/mol. The summed E-state index contributed by atoms with van der Waals surface area (Å²) in [6, 6.07) is 15.4. The lowest BCUT2D eigenvalue weighted by Gasteiger charge is -2.20. The fourth-order valence-corrected chi connectivity index (χ4v) is 5.31. The second-order valence-corrected chi connectivity index (χ2v) is 11.3. The number of hydrogen-bond acceptors (Lipinski definition) is 14. The van der Waals surface area contributed by atoms with Gasteiger partial charge in [0.15, 0.2) is 16.7 Å². The minimum atomic E-state index is -1.40. The van der Waals surface area contributed by atoms with Gasteiger partial charge in [-0.15, -0.1) is 25.3 Å². The van der Waals surface area contributed by atoms with Crippen LogP contribution < -0.4 is 0 Å². The van der Waals surface area contributed by atoms with E-state index in [1.54, 1.807) is 11.5 Å². The van der Waals surface area contributed by atoms with Crippen LogP contribution in [0.2, 0.25) is 5.15 Å². The first-order valence-electron chi connectivity index (χ1n) is 15.8. The number of nitrogens with one attached hydrogen (secondary N) is 1. The van der Waals surface area contributed by atoms with Gasteiger partial charge >= 0.3 is 11.9 Å². The van der Waals surface area contributed by atoms with E-state index < -0.39 is 41.1 Å². The third-order valence-corrected chi connectivity index (χ3v) is 7.71. The van der Waals surface area contributed by atoms with Crippen molar-refractivity contribution < 1.29 is 38.9 Å². The Hall–Kier alpha value is -5.65. The summed E-state index contributed by atoms with van der Waals surface area (Å²) >= 11 is 6.52. The van der Waals surface area contributed by atoms with Crippen LogP contribution in [0.5, 0.6) is 0 Å². The first-order chi connectivity index (χ1) is 24.1. The van der Waals surface area contributed by atoms with Gasteiger partial charge in [0.1, 0.15) is 18.5 Å². The van der Waals surface area contributed by atoms with E-state index in [-0.39, 0.29) is 43.1 Å². The van der Waals surface area contributed by atoms with Crippen LogP contribution in [-0.4, -0.2) is 71.3 Å². The van der Waals surface area contributed by atoms with Gasteiger partial charge in [-0.1, -0.05) is 80.4 Å². The van der Waals surface area contributed by atoms with Crippen LogP contribution in [0.4, 0.5) is 0 Å². The molecule has 0 bridgehead atoms. The van der Waals surface area contributed by atoms with Gasteiger partial charge in [-0.05, 0) is 46.4 Å². The zero-order valence-corrected chi connectivity index (χ0v) is 28.0. The van der Waals surface area contributed by atoms with Crippen LogP contribution in [0.3, 0.4) is 0 Å². The Bertz CT molecular complexity index is 1750. The lowest BCUT2D eigenvalue weighted by atomic mass is 9.98. The van der Waals surface area contributed by atoms with E-state index >= 15 is 0 Å². The summed E-state index contributed by atoms with van der Waals surface area (Å²) in [7, 11) is 0. The number of benzene rings is 2. The molecule has 18 nitrogen and oxygen atoms in total. The predicted octanol–water partition coefficient (Wildman–Crippen LogP) is 5.17. The SMILES string of the molecule is CCCCc1nc(Cl)c(C(=O)OC(CCCC(CO[N+](=O)[O-])O[N+](=O)[O-])OC(=O)CC)n1Cc1ccc(-c2ccccc2-c2nnn[nH]2)cc1. The first-order valence-corrected chi connectivity index (χ1v) is 16.1. The van der Waals surface area contributed by atoms with Gasteiger partial charge in [0.2, 0.25) is 6.29 Å². The average molecular weight is 715 g/mol. The number of rotatable bonds is 20. The zero-order valence-electron chi connectivity index (χ0n) is 27.2. The number of aryl methyl sites for hydroxylation is 1. The van der Waals surface area contributed by atoms with Crippen molar-refractivity contribution >= 4 is 23.5 Å². The fraction of sp³-hybridized carbons (Fsp3) is 0.419. The molecule has 4 rings (SSSR count). The van der Waals surface area contributed by atoms with E-state index in [4.69, 9.17) is 21.1 Å². The molecule has 0 saturated heterocycles. The Kier molecular flexibility index (Phi) is 13.5. The largest absolute Gasteiger partial charge is 0.425 e. The Balaban J connectivity index is 1.54. The third kappa shape index (κ3) is 10.4. The summed E-state index contributed by atoms with van der Waals surface area (Å²) in [6.07, 6.45) is -0.709. The number of hydrogen-bond donors (Lipinski definition) is 1. The molecule has 0 amide bonds. The Morgan fingerprint density at radius 2 is 1.72 bits per heavy atom. The molecule has 0 aliphatic carbocycles. The van der Waals surface area contributed by atoms with Crippen LogP contribution in [0.1, 0.15) is 74.2 Å². The molecule has 0 aliphatic heterocycles. The highest BCUT2D eigenvalue weighted by atomic mass is 35.5. The van der Waals surface area contributed by atoms with Crippen molar-refractivity contribution in [2.45, 2.75) is 77.7 Å². The number of carbonyl (C=O) groups is 2. The maximum Gasteiger partial charge on any atom is 0.361 e. The number of nitrogens with zero attached hydrogens (tertiary/aromatic N) is 7. The lowest BCUT2D eigenvalue weighted by molar-refractivity contribution is -0.790. The topological polar surface area (TPSA) is 230 Å². The number of halogens is 1. The molecular weight excluding hydrogens is 680 g/mol. The van der Waals surface area contributed by atoms with Gasteiger partial charge < -0.3 is 23.7 Å². The van der Waals surface area contributed by atoms with Gasteiger partial charge in [-0.25, -0.2) is 14.9 Å². The Morgan fingerprint density at radius 3 is 2.36 bits per heavy atom. The molecular formula is C31H35ClN8O10. The van der Waals surface area contributed by atoms with Crippen molar-refractivity contribution in [2.75, 3.05) is 6.61 Å². The van der Waals surface area contributed by atoms with Crippen LogP contribution in [-0.2, 0) is 36.9 Å². The maximum absolute atomic E-state index is 13.7. The van der Waals surface area contributed by atoms with Crippen molar-refractivity contribution in [3.05, 3.63) is 91.0 Å². The molecule has 0 radical (unpaired) electrons. The van der Waals surface area contributed by atoms with Crippen molar-refractivity contribution in [2.24, 2.45) is 0 Å². The number of H-pyrrole nitrogens is 1. The highest BCUT2D eigenvalue weighted by Crippen LogP contribution is 2.30. The summed E-state index contributed by atoms with van der Waals surface area (Å²) in [5.74, 6) is -0.483. The molecule has 2 unspecified atom stereocenters. The fourth-order valence-electron chi connectivity index (χ4n) is 5.04. The van der Waals surface area contributed by atoms with Gasteiger partial charge in [-0.3, -0.25) is 4.79 Å². The average Bonchev–Trinajstić information content (AvgIpc) is 3.74. The molecule has 2 aromatic heterocycles. The molecule has 0 saturated carbocycles. The van der Waals surface area contributed by atoms with Crippen molar-refractivity contribution in [1.82, 2.24) is 30.2 Å². The van der Waals surface area contributed by atoms with Gasteiger partial charge in [0.05, 0.1) is 0 Å². The number of aromatic amines is 1. The Morgan fingerprint density at radius 1 is 0.980 bits per heavy atom. The standard InChI is InChI=1S/C31H35ClN8O10/c1-3-5-12-25-33-29(32)28(31(42)49-27(48-26(41)4-2)13-8-9-22(50-40(45)46)19-47-39(43)44)38(25)18-20-14-16-21(17-15-20)23-10-6-7-11-24(23)30-34-36-37-35-30/h6-7,10-11,14-17,22,27H,3-5,8-9,12-13,18-19H2,1-2H3,(H,34,35,36,37). The normalized spacial score (nSPS) is 12.1. The number of tetrazole rings is 1. The molecule has 4 aromatic rings. The van der Waals surface area contributed by atoms with Gasteiger partial charge in [0, 0.05) is 31.4 Å². The maximum atomic E-state index is 13.7. The van der Waals surface area contributed by atoms with Crippen LogP contribution in [0.15, 0.2) is 48.5 Å². The van der Waals surface area contributed by atoms with Crippen LogP contribution >= 0.6 is 11.6 Å². The molecule has 266 valence electrons. The number of aromatic nitrogens is 6. The van der Waals surface area contributed by atoms with Crippen LogP contribution in [0, 0.1) is 20.2 Å². The molecule has 1 N–H and O–H groups in total. The van der Waals surface area contributed by atoms with Gasteiger partial charge in [0.25, 0.3) is 10.2 Å².